The van der Waals surface area contributed by atoms with Gasteiger partial charge in [0.15, 0.2) is 5.65 Å². The van der Waals surface area contributed by atoms with Crippen LogP contribution in [0.15, 0.2) is 30.7 Å². The molecule has 1 amide bonds. The van der Waals surface area contributed by atoms with Crippen molar-refractivity contribution in [2.75, 3.05) is 13.1 Å². The van der Waals surface area contributed by atoms with Gasteiger partial charge in [-0.3, -0.25) is 4.79 Å². The lowest BCUT2D eigenvalue weighted by molar-refractivity contribution is -0.160. The average Bonchev–Trinajstić information content (AvgIpc) is 3.22. The zero-order chi connectivity index (χ0) is 17.6. The summed E-state index contributed by atoms with van der Waals surface area (Å²) in [5.74, 6) is -0.904. The van der Waals surface area contributed by atoms with E-state index in [9.17, 15) is 18.0 Å². The highest BCUT2D eigenvalue weighted by molar-refractivity contribution is 6.06. The Hall–Kier alpha value is -2.64. The van der Waals surface area contributed by atoms with E-state index in [0.29, 0.717) is 18.6 Å². The van der Waals surface area contributed by atoms with Gasteiger partial charge in [-0.2, -0.15) is 13.2 Å². The van der Waals surface area contributed by atoms with Gasteiger partial charge in [0.25, 0.3) is 0 Å². The highest BCUT2D eigenvalue weighted by atomic mass is 19.4. The van der Waals surface area contributed by atoms with E-state index >= 15 is 0 Å². The average molecular weight is 348 g/mol. The molecule has 0 aromatic carbocycles. The minimum absolute atomic E-state index is 0.0404. The van der Waals surface area contributed by atoms with Crippen LogP contribution >= 0.6 is 0 Å². The van der Waals surface area contributed by atoms with Crippen molar-refractivity contribution in [1.29, 1.82) is 0 Å². The summed E-state index contributed by atoms with van der Waals surface area (Å²) in [5, 5.41) is 2.82. The smallest absolute Gasteiger partial charge is 0.364 e. The first-order chi connectivity index (χ1) is 11.9. The molecule has 0 saturated carbocycles. The largest absolute Gasteiger partial charge is 0.397 e. The highest BCUT2D eigenvalue weighted by Crippen LogP contribution is 2.34. The fourth-order valence-corrected chi connectivity index (χ4v) is 3.52. The van der Waals surface area contributed by atoms with E-state index in [4.69, 9.17) is 0 Å². The molecule has 0 aliphatic carbocycles. The summed E-state index contributed by atoms with van der Waals surface area (Å²) in [6.07, 6.45) is -0.0381. The van der Waals surface area contributed by atoms with Crippen molar-refractivity contribution >= 4 is 27.7 Å². The normalized spacial score (nSPS) is 18.4. The van der Waals surface area contributed by atoms with Crippen LogP contribution in [-0.4, -0.2) is 45.0 Å². The first-order valence-corrected chi connectivity index (χ1v) is 7.97. The molecule has 5 nitrogen and oxygen atoms in total. The summed E-state index contributed by atoms with van der Waals surface area (Å²) in [4.78, 5) is 24.9. The number of amides is 1. The van der Waals surface area contributed by atoms with Gasteiger partial charge in [-0.15, -0.1) is 0 Å². The molecule has 1 N–H and O–H groups in total. The molecule has 1 fully saturated rings. The number of nitrogens with one attached hydrogen (secondary N) is 1. The summed E-state index contributed by atoms with van der Waals surface area (Å²) in [7, 11) is 0. The van der Waals surface area contributed by atoms with Crippen molar-refractivity contribution in [2.45, 2.75) is 24.9 Å². The third-order valence-electron chi connectivity index (χ3n) is 4.63. The fourth-order valence-electron chi connectivity index (χ4n) is 3.52. The third kappa shape index (κ3) is 2.92. The number of hydrogen-bond acceptors (Lipinski definition) is 3. The molecule has 1 unspecified atom stereocenters. The summed E-state index contributed by atoms with van der Waals surface area (Å²) < 4.78 is 37.4. The van der Waals surface area contributed by atoms with Gasteiger partial charge in [0.1, 0.15) is 6.42 Å². The van der Waals surface area contributed by atoms with Crippen molar-refractivity contribution in [3.05, 3.63) is 36.4 Å². The van der Waals surface area contributed by atoms with Crippen LogP contribution in [0.4, 0.5) is 13.2 Å². The topological polar surface area (TPSA) is 61.9 Å². The summed E-state index contributed by atoms with van der Waals surface area (Å²) >= 11 is 0. The molecule has 4 heterocycles. The van der Waals surface area contributed by atoms with Gasteiger partial charge >= 0.3 is 6.18 Å². The van der Waals surface area contributed by atoms with Crippen LogP contribution in [0, 0.1) is 0 Å². The first kappa shape index (κ1) is 15.9. The van der Waals surface area contributed by atoms with Crippen molar-refractivity contribution < 1.29 is 18.0 Å². The Bertz CT molecular complexity index is 950. The Morgan fingerprint density at radius 3 is 2.96 bits per heavy atom. The number of hydrogen-bond donors (Lipinski definition) is 1. The lowest BCUT2D eigenvalue weighted by Gasteiger charge is -2.18. The van der Waals surface area contributed by atoms with Crippen molar-refractivity contribution in [3.8, 4) is 0 Å². The Morgan fingerprint density at radius 1 is 1.32 bits per heavy atom. The fraction of sp³-hybridized carbons (Fsp3) is 0.353. The van der Waals surface area contributed by atoms with Crippen LogP contribution in [-0.2, 0) is 4.79 Å². The quantitative estimate of drug-likeness (QED) is 0.772. The number of H-pyrrole nitrogens is 1. The van der Waals surface area contributed by atoms with Crippen LogP contribution in [0.1, 0.15) is 24.5 Å². The summed E-state index contributed by atoms with van der Waals surface area (Å²) in [6.45, 7) is 0.611. The zero-order valence-electron chi connectivity index (χ0n) is 13.2. The molecule has 0 bridgehead atoms. The van der Waals surface area contributed by atoms with Crippen molar-refractivity contribution in [2.24, 2.45) is 0 Å². The van der Waals surface area contributed by atoms with Gasteiger partial charge in [-0.25, -0.2) is 9.97 Å². The van der Waals surface area contributed by atoms with Gasteiger partial charge in [-0.05, 0) is 18.6 Å². The molecule has 8 heteroatoms. The van der Waals surface area contributed by atoms with Crippen molar-refractivity contribution in [3.63, 3.8) is 0 Å². The molecule has 130 valence electrons. The molecule has 3 aromatic heterocycles. The second kappa shape index (κ2) is 5.72. The molecular weight excluding hydrogens is 333 g/mol. The van der Waals surface area contributed by atoms with Crippen LogP contribution in [0.5, 0.6) is 0 Å². The standard InChI is InChI=1S/C17H15F3N4O/c18-17(19,20)7-13(25)24-6-3-11(9-24)15-14-10(1-4-21-15)8-23-16-12(14)2-5-22-16/h1-2,4-5,8,11,21H,3,6-7,9H2. The Kier molecular flexibility index (Phi) is 3.63. The lowest BCUT2D eigenvalue weighted by Crippen LogP contribution is -2.32. The number of aromatic amines is 1. The SMILES string of the molecule is O=C(CC(F)(F)F)N1CCC(c2[nH]ccc3cnc4nccc4c23)C1. The van der Waals surface area contributed by atoms with E-state index < -0.39 is 18.5 Å². The second-order valence-corrected chi connectivity index (χ2v) is 6.28. The molecule has 25 heavy (non-hydrogen) atoms. The maximum absolute atomic E-state index is 12.5. The maximum Gasteiger partial charge on any atom is 0.397 e. The van der Waals surface area contributed by atoms with Crippen LogP contribution in [0.3, 0.4) is 0 Å². The number of carbonyl (C=O) groups excluding carboxylic acids is 1. The van der Waals surface area contributed by atoms with Crippen LogP contribution in [0.2, 0.25) is 0 Å². The Labute approximate surface area is 140 Å². The van der Waals surface area contributed by atoms with Gasteiger partial charge < -0.3 is 9.88 Å². The monoisotopic (exact) mass is 348 g/mol. The number of alkyl halides is 3. The van der Waals surface area contributed by atoms with Gasteiger partial charge in [-0.1, -0.05) is 0 Å². The Balaban J connectivity index is 1.67. The van der Waals surface area contributed by atoms with Gasteiger partial charge in [0, 0.05) is 59.5 Å². The number of halogens is 3. The van der Waals surface area contributed by atoms with Gasteiger partial charge in [0.05, 0.1) is 0 Å². The van der Waals surface area contributed by atoms with Crippen LogP contribution in [0.25, 0.3) is 21.8 Å². The highest BCUT2D eigenvalue weighted by Gasteiger charge is 2.36. The lowest BCUT2D eigenvalue weighted by atomic mass is 9.97. The molecular formula is C17H15F3N4O. The number of carbonyl (C=O) groups is 1. The first-order valence-electron chi connectivity index (χ1n) is 7.97. The maximum atomic E-state index is 12.5. The number of aromatic nitrogens is 3. The Morgan fingerprint density at radius 2 is 2.16 bits per heavy atom. The summed E-state index contributed by atoms with van der Waals surface area (Å²) in [6, 6.07) is 3.78. The molecule has 1 saturated heterocycles. The van der Waals surface area contributed by atoms with Crippen molar-refractivity contribution in [1.82, 2.24) is 19.9 Å². The second-order valence-electron chi connectivity index (χ2n) is 6.28. The molecule has 1 aliphatic heterocycles. The van der Waals surface area contributed by atoms with Gasteiger partial charge in [0.2, 0.25) is 5.91 Å². The number of rotatable bonds is 2. The summed E-state index contributed by atoms with van der Waals surface area (Å²) in [5.41, 5.74) is 1.55. The van der Waals surface area contributed by atoms with E-state index in [-0.39, 0.29) is 12.5 Å². The minimum Gasteiger partial charge on any atom is -0.364 e. The molecule has 0 spiro atoms. The minimum atomic E-state index is -4.47. The van der Waals surface area contributed by atoms with E-state index in [1.807, 2.05) is 12.1 Å². The van der Waals surface area contributed by atoms with E-state index in [1.165, 1.54) is 4.90 Å². The van der Waals surface area contributed by atoms with E-state index in [1.54, 1.807) is 18.6 Å². The number of fused-ring (bicyclic) bond motifs is 3. The van der Waals surface area contributed by atoms with E-state index in [2.05, 4.69) is 15.0 Å². The molecule has 1 atom stereocenters. The molecule has 3 aromatic rings. The zero-order valence-corrected chi connectivity index (χ0v) is 13.2. The molecule has 1 aliphatic rings. The number of likely N-dealkylation sites (tertiary alicyclic amines) is 1. The molecule has 4 rings (SSSR count). The molecule has 0 radical (unpaired) electrons. The number of nitrogens with zero attached hydrogens (tertiary/aromatic N) is 3. The third-order valence-corrected chi connectivity index (χ3v) is 4.63. The van der Waals surface area contributed by atoms with E-state index in [0.717, 1.165) is 21.9 Å². The predicted octanol–water partition coefficient (Wildman–Crippen LogP) is 3.38. The predicted molar refractivity (Wildman–Crippen MR) is 86.0 cm³/mol. The number of pyridine rings is 2. The van der Waals surface area contributed by atoms with Crippen LogP contribution < -0.4 is 0 Å².